The molecule has 0 radical (unpaired) electrons. The normalized spacial score (nSPS) is 22.9. The molecular formula is C11H24N2S. The quantitative estimate of drug-likeness (QED) is 0.682. The molecule has 14 heavy (non-hydrogen) atoms. The fourth-order valence-corrected chi connectivity index (χ4v) is 2.89. The van der Waals surface area contributed by atoms with Crippen molar-refractivity contribution in [1.82, 2.24) is 10.2 Å². The highest BCUT2D eigenvalue weighted by Crippen LogP contribution is 2.13. The molecule has 0 aliphatic carbocycles. The van der Waals surface area contributed by atoms with Gasteiger partial charge in [0.25, 0.3) is 0 Å². The van der Waals surface area contributed by atoms with Crippen molar-refractivity contribution in [3.8, 4) is 0 Å². The second kappa shape index (κ2) is 7.55. The lowest BCUT2D eigenvalue weighted by atomic mass is 10.0. The Labute approximate surface area is 92.8 Å². The third kappa shape index (κ3) is 5.89. The van der Waals surface area contributed by atoms with Gasteiger partial charge in [-0.1, -0.05) is 6.42 Å². The van der Waals surface area contributed by atoms with Crippen molar-refractivity contribution in [2.45, 2.75) is 31.7 Å². The Morgan fingerprint density at radius 2 is 2.14 bits per heavy atom. The molecule has 0 amide bonds. The number of hydrogen-bond donors (Lipinski definition) is 1. The molecule has 1 aliphatic rings. The Hall–Kier alpha value is 0.270. The lowest BCUT2D eigenvalue weighted by Gasteiger charge is -2.23. The van der Waals surface area contributed by atoms with Crippen molar-refractivity contribution < 1.29 is 0 Å². The van der Waals surface area contributed by atoms with E-state index in [0.717, 1.165) is 6.04 Å². The molecule has 0 aromatic carbocycles. The molecule has 1 saturated heterocycles. The van der Waals surface area contributed by atoms with Crippen molar-refractivity contribution in [3.63, 3.8) is 0 Å². The molecule has 0 aromatic rings. The van der Waals surface area contributed by atoms with E-state index < -0.39 is 0 Å². The highest BCUT2D eigenvalue weighted by atomic mass is 32.2. The fraction of sp³-hybridized carbons (Fsp3) is 1.00. The topological polar surface area (TPSA) is 15.3 Å². The van der Waals surface area contributed by atoms with Crippen LogP contribution in [0.15, 0.2) is 0 Å². The Kier molecular flexibility index (Phi) is 6.65. The Morgan fingerprint density at radius 1 is 1.29 bits per heavy atom. The van der Waals surface area contributed by atoms with Crippen LogP contribution in [-0.4, -0.2) is 49.6 Å². The molecule has 1 heterocycles. The number of thioether (sulfide) groups is 1. The molecule has 1 rings (SSSR count). The summed E-state index contributed by atoms with van der Waals surface area (Å²) in [5.74, 6) is 2.60. The molecule has 0 spiro atoms. The summed E-state index contributed by atoms with van der Waals surface area (Å²) in [6, 6.07) is 0.815. The maximum absolute atomic E-state index is 3.60. The average Bonchev–Trinajstić information content (AvgIpc) is 2.18. The summed E-state index contributed by atoms with van der Waals surface area (Å²) in [4.78, 5) is 2.26. The van der Waals surface area contributed by atoms with Gasteiger partial charge in [0.15, 0.2) is 0 Å². The van der Waals surface area contributed by atoms with Crippen LogP contribution >= 0.6 is 11.8 Å². The summed E-state index contributed by atoms with van der Waals surface area (Å²) in [5.41, 5.74) is 0. The molecule has 2 nitrogen and oxygen atoms in total. The fourth-order valence-electron chi connectivity index (χ4n) is 1.75. The van der Waals surface area contributed by atoms with Crippen LogP contribution in [0, 0.1) is 0 Å². The molecule has 0 saturated carbocycles. The second-order valence-electron chi connectivity index (χ2n) is 4.35. The maximum Gasteiger partial charge on any atom is 0.00749 e. The summed E-state index contributed by atoms with van der Waals surface area (Å²) >= 11 is 2.09. The van der Waals surface area contributed by atoms with Crippen LogP contribution in [-0.2, 0) is 0 Å². The van der Waals surface area contributed by atoms with E-state index in [1.165, 1.54) is 50.3 Å². The molecule has 84 valence electrons. The third-order valence-electron chi connectivity index (χ3n) is 2.71. The summed E-state index contributed by atoms with van der Waals surface area (Å²) in [6.07, 6.45) is 5.57. The van der Waals surface area contributed by atoms with Gasteiger partial charge in [0, 0.05) is 18.3 Å². The van der Waals surface area contributed by atoms with Crippen LogP contribution in [0.1, 0.15) is 25.7 Å². The van der Waals surface area contributed by atoms with Crippen molar-refractivity contribution in [3.05, 3.63) is 0 Å². The molecule has 1 unspecified atom stereocenters. The first kappa shape index (κ1) is 12.3. The largest absolute Gasteiger partial charge is 0.314 e. The Morgan fingerprint density at radius 3 is 2.79 bits per heavy atom. The lowest BCUT2D eigenvalue weighted by Crippen LogP contribution is -2.34. The van der Waals surface area contributed by atoms with E-state index in [-0.39, 0.29) is 0 Å². The van der Waals surface area contributed by atoms with Crippen molar-refractivity contribution in [1.29, 1.82) is 0 Å². The number of rotatable bonds is 6. The maximum atomic E-state index is 3.60. The van der Waals surface area contributed by atoms with Gasteiger partial charge in [-0.2, -0.15) is 11.8 Å². The zero-order valence-corrected chi connectivity index (χ0v) is 10.4. The standard InChI is InChI=1S/C11H24N2S/c1-13(2)8-10-14-9-6-11-5-3-4-7-12-11/h11-12H,3-10H2,1-2H3. The molecule has 3 heteroatoms. The third-order valence-corrected chi connectivity index (χ3v) is 3.70. The summed E-state index contributed by atoms with van der Waals surface area (Å²) in [6.45, 7) is 2.45. The molecule has 1 atom stereocenters. The monoisotopic (exact) mass is 216 g/mol. The highest BCUT2D eigenvalue weighted by Gasteiger charge is 2.11. The Bertz CT molecular complexity index is 133. The van der Waals surface area contributed by atoms with Gasteiger partial charge in [0.05, 0.1) is 0 Å². The highest BCUT2D eigenvalue weighted by molar-refractivity contribution is 7.99. The van der Waals surface area contributed by atoms with E-state index >= 15 is 0 Å². The predicted molar refractivity (Wildman–Crippen MR) is 66.1 cm³/mol. The molecule has 1 fully saturated rings. The van der Waals surface area contributed by atoms with Gasteiger partial charge in [-0.15, -0.1) is 0 Å². The summed E-state index contributed by atoms with van der Waals surface area (Å²) in [5, 5.41) is 3.60. The number of hydrogen-bond acceptors (Lipinski definition) is 3. The van der Waals surface area contributed by atoms with Crippen molar-refractivity contribution in [2.75, 3.05) is 38.7 Å². The van der Waals surface area contributed by atoms with Gasteiger partial charge in [-0.25, -0.2) is 0 Å². The smallest absolute Gasteiger partial charge is 0.00749 e. The second-order valence-corrected chi connectivity index (χ2v) is 5.58. The van der Waals surface area contributed by atoms with Crippen LogP contribution in [0.5, 0.6) is 0 Å². The van der Waals surface area contributed by atoms with E-state index in [0.29, 0.717) is 0 Å². The molecular weight excluding hydrogens is 192 g/mol. The molecule has 0 aromatic heterocycles. The number of nitrogens with one attached hydrogen (secondary N) is 1. The van der Waals surface area contributed by atoms with E-state index in [9.17, 15) is 0 Å². The van der Waals surface area contributed by atoms with Gasteiger partial charge < -0.3 is 10.2 Å². The first-order chi connectivity index (χ1) is 6.79. The van der Waals surface area contributed by atoms with Crippen molar-refractivity contribution in [2.24, 2.45) is 0 Å². The van der Waals surface area contributed by atoms with Crippen LogP contribution < -0.4 is 5.32 Å². The number of piperidine rings is 1. The minimum absolute atomic E-state index is 0.815. The van der Waals surface area contributed by atoms with Crippen LogP contribution in [0.25, 0.3) is 0 Å². The van der Waals surface area contributed by atoms with Gasteiger partial charge >= 0.3 is 0 Å². The van der Waals surface area contributed by atoms with Crippen LogP contribution in [0.4, 0.5) is 0 Å². The van der Waals surface area contributed by atoms with E-state index in [1.807, 2.05) is 0 Å². The first-order valence-corrected chi connectivity index (χ1v) is 6.90. The summed E-state index contributed by atoms with van der Waals surface area (Å²) < 4.78 is 0. The van der Waals surface area contributed by atoms with Gasteiger partial charge in [0.2, 0.25) is 0 Å². The van der Waals surface area contributed by atoms with E-state index in [4.69, 9.17) is 0 Å². The first-order valence-electron chi connectivity index (χ1n) is 5.75. The zero-order chi connectivity index (χ0) is 10.2. The van der Waals surface area contributed by atoms with E-state index in [2.05, 4.69) is 36.1 Å². The minimum atomic E-state index is 0.815. The molecule has 0 bridgehead atoms. The average molecular weight is 216 g/mol. The summed E-state index contributed by atoms with van der Waals surface area (Å²) in [7, 11) is 4.28. The SMILES string of the molecule is CN(C)CCSCCC1CCCCN1. The minimum Gasteiger partial charge on any atom is -0.314 e. The lowest BCUT2D eigenvalue weighted by molar-refractivity contribution is 0.394. The van der Waals surface area contributed by atoms with Crippen LogP contribution in [0.3, 0.4) is 0 Å². The molecule has 1 N–H and O–H groups in total. The van der Waals surface area contributed by atoms with E-state index in [1.54, 1.807) is 0 Å². The van der Waals surface area contributed by atoms with Crippen molar-refractivity contribution >= 4 is 11.8 Å². The van der Waals surface area contributed by atoms with Gasteiger partial charge in [0.1, 0.15) is 0 Å². The number of nitrogens with zero attached hydrogens (tertiary/aromatic N) is 1. The van der Waals surface area contributed by atoms with Crippen LogP contribution in [0.2, 0.25) is 0 Å². The van der Waals surface area contributed by atoms with Gasteiger partial charge in [-0.3, -0.25) is 0 Å². The predicted octanol–water partition coefficient (Wildman–Crippen LogP) is 1.81. The molecule has 1 aliphatic heterocycles. The Balaban J connectivity index is 1.87. The zero-order valence-electron chi connectivity index (χ0n) is 9.59. The van der Waals surface area contributed by atoms with Gasteiger partial charge in [-0.05, 0) is 45.7 Å².